The SMILES string of the molecule is O=C(Nc1cccc(F)c1)c1cnc(NCCc2cccc(Cl)c2)nc1. The molecule has 0 aliphatic heterocycles. The minimum atomic E-state index is -0.418. The van der Waals surface area contributed by atoms with Crippen LogP contribution < -0.4 is 10.6 Å². The lowest BCUT2D eigenvalue weighted by Gasteiger charge is -2.07. The molecule has 1 aromatic heterocycles. The Labute approximate surface area is 155 Å². The highest BCUT2D eigenvalue weighted by Crippen LogP contribution is 2.12. The topological polar surface area (TPSA) is 66.9 Å². The van der Waals surface area contributed by atoms with E-state index in [-0.39, 0.29) is 5.56 Å². The van der Waals surface area contributed by atoms with E-state index in [4.69, 9.17) is 11.6 Å². The van der Waals surface area contributed by atoms with Crippen LogP contribution in [0, 0.1) is 5.82 Å². The Balaban J connectivity index is 1.53. The van der Waals surface area contributed by atoms with Gasteiger partial charge < -0.3 is 10.6 Å². The van der Waals surface area contributed by atoms with E-state index >= 15 is 0 Å². The number of nitrogens with zero attached hydrogens (tertiary/aromatic N) is 2. The van der Waals surface area contributed by atoms with E-state index in [0.717, 1.165) is 12.0 Å². The van der Waals surface area contributed by atoms with Crippen molar-refractivity contribution in [2.75, 3.05) is 17.2 Å². The van der Waals surface area contributed by atoms with Gasteiger partial charge in [-0.15, -0.1) is 0 Å². The molecular weight excluding hydrogens is 355 g/mol. The average molecular weight is 371 g/mol. The van der Waals surface area contributed by atoms with E-state index in [0.29, 0.717) is 23.2 Å². The van der Waals surface area contributed by atoms with E-state index in [2.05, 4.69) is 20.6 Å². The van der Waals surface area contributed by atoms with Gasteiger partial charge in [0.05, 0.1) is 5.56 Å². The first-order chi connectivity index (χ1) is 12.6. The predicted molar refractivity (Wildman–Crippen MR) is 100 cm³/mol. The lowest BCUT2D eigenvalue weighted by Crippen LogP contribution is -2.14. The van der Waals surface area contributed by atoms with Gasteiger partial charge in [0.15, 0.2) is 0 Å². The summed E-state index contributed by atoms with van der Waals surface area (Å²) in [5.74, 6) is -0.395. The standard InChI is InChI=1S/C19H16ClFN4O/c20-15-4-1-3-13(9-15)7-8-22-19-23-11-14(12-24-19)18(26)25-17-6-2-5-16(21)10-17/h1-6,9-12H,7-8H2,(H,25,26)(H,22,23,24). The molecule has 1 heterocycles. The molecule has 0 fully saturated rings. The summed E-state index contributed by atoms with van der Waals surface area (Å²) in [6.45, 7) is 0.634. The molecule has 26 heavy (non-hydrogen) atoms. The number of benzene rings is 2. The summed E-state index contributed by atoms with van der Waals surface area (Å²) < 4.78 is 13.1. The molecule has 132 valence electrons. The van der Waals surface area contributed by atoms with E-state index in [1.54, 1.807) is 6.07 Å². The summed E-state index contributed by atoms with van der Waals surface area (Å²) in [6, 6.07) is 13.3. The fourth-order valence-electron chi connectivity index (χ4n) is 2.32. The third-order valence-corrected chi connectivity index (χ3v) is 3.82. The molecule has 0 spiro atoms. The van der Waals surface area contributed by atoms with E-state index in [9.17, 15) is 9.18 Å². The molecule has 1 amide bonds. The molecular formula is C19H16ClFN4O. The lowest BCUT2D eigenvalue weighted by atomic mass is 10.1. The molecule has 0 saturated heterocycles. The van der Waals surface area contributed by atoms with Crippen LogP contribution >= 0.6 is 11.6 Å². The van der Waals surface area contributed by atoms with E-state index in [1.807, 2.05) is 24.3 Å². The van der Waals surface area contributed by atoms with Gasteiger partial charge in [0.2, 0.25) is 5.95 Å². The molecule has 0 aliphatic rings. The molecule has 3 aromatic rings. The number of anilines is 2. The quantitative estimate of drug-likeness (QED) is 0.683. The third kappa shape index (κ3) is 5.00. The first-order valence-electron chi connectivity index (χ1n) is 7.97. The van der Waals surface area contributed by atoms with Crippen LogP contribution in [0.4, 0.5) is 16.0 Å². The van der Waals surface area contributed by atoms with Crippen LogP contribution in [0.25, 0.3) is 0 Å². The van der Waals surface area contributed by atoms with Gasteiger partial charge in [-0.3, -0.25) is 4.79 Å². The molecule has 2 N–H and O–H groups in total. The first kappa shape index (κ1) is 17.8. The lowest BCUT2D eigenvalue weighted by molar-refractivity contribution is 0.102. The second kappa shape index (κ2) is 8.40. The highest BCUT2D eigenvalue weighted by atomic mass is 35.5. The summed E-state index contributed by atoms with van der Waals surface area (Å²) in [5, 5.41) is 6.39. The van der Waals surface area contributed by atoms with Crippen molar-refractivity contribution in [2.24, 2.45) is 0 Å². The fourth-order valence-corrected chi connectivity index (χ4v) is 2.53. The zero-order chi connectivity index (χ0) is 18.4. The molecule has 7 heteroatoms. The normalized spacial score (nSPS) is 10.4. The number of hydrogen-bond acceptors (Lipinski definition) is 4. The van der Waals surface area contributed by atoms with Crippen molar-refractivity contribution in [1.82, 2.24) is 9.97 Å². The van der Waals surface area contributed by atoms with Crippen molar-refractivity contribution in [1.29, 1.82) is 0 Å². The molecule has 0 saturated carbocycles. The van der Waals surface area contributed by atoms with Gasteiger partial charge >= 0.3 is 0 Å². The minimum absolute atomic E-state index is 0.287. The monoisotopic (exact) mass is 370 g/mol. The summed E-state index contributed by atoms with van der Waals surface area (Å²) in [7, 11) is 0. The largest absolute Gasteiger partial charge is 0.354 e. The van der Waals surface area contributed by atoms with Crippen molar-refractivity contribution >= 4 is 29.1 Å². The van der Waals surface area contributed by atoms with Gasteiger partial charge in [-0.2, -0.15) is 0 Å². The molecule has 0 unspecified atom stereocenters. The number of aromatic nitrogens is 2. The van der Waals surface area contributed by atoms with E-state index in [1.165, 1.54) is 30.6 Å². The number of rotatable bonds is 6. The van der Waals surface area contributed by atoms with Gasteiger partial charge in [-0.25, -0.2) is 14.4 Å². The number of halogens is 2. The number of carbonyl (C=O) groups excluding carboxylic acids is 1. The molecule has 0 bridgehead atoms. The van der Waals surface area contributed by atoms with Crippen LogP contribution in [-0.2, 0) is 6.42 Å². The van der Waals surface area contributed by atoms with Crippen LogP contribution in [-0.4, -0.2) is 22.4 Å². The molecule has 0 radical (unpaired) electrons. The zero-order valence-electron chi connectivity index (χ0n) is 13.7. The maximum atomic E-state index is 13.1. The van der Waals surface area contributed by atoms with Crippen LogP contribution in [0.15, 0.2) is 60.9 Å². The Kier molecular flexibility index (Phi) is 5.76. The van der Waals surface area contributed by atoms with Crippen molar-refractivity contribution in [3.63, 3.8) is 0 Å². The number of hydrogen-bond donors (Lipinski definition) is 2. The number of amides is 1. The first-order valence-corrected chi connectivity index (χ1v) is 8.35. The van der Waals surface area contributed by atoms with Crippen LogP contribution in [0.3, 0.4) is 0 Å². The Morgan fingerprint density at radius 3 is 2.58 bits per heavy atom. The second-order valence-corrected chi connectivity index (χ2v) is 6.00. The van der Waals surface area contributed by atoms with Gasteiger partial charge in [0.25, 0.3) is 5.91 Å². The van der Waals surface area contributed by atoms with E-state index < -0.39 is 11.7 Å². The zero-order valence-corrected chi connectivity index (χ0v) is 14.5. The van der Waals surface area contributed by atoms with Crippen molar-refractivity contribution in [3.05, 3.63) is 82.9 Å². The molecule has 0 atom stereocenters. The maximum absolute atomic E-state index is 13.1. The Morgan fingerprint density at radius 2 is 1.85 bits per heavy atom. The van der Waals surface area contributed by atoms with Crippen molar-refractivity contribution in [2.45, 2.75) is 6.42 Å². The van der Waals surface area contributed by atoms with Gasteiger partial charge in [-0.05, 0) is 42.3 Å². The smallest absolute Gasteiger partial charge is 0.258 e. The second-order valence-electron chi connectivity index (χ2n) is 5.57. The fraction of sp³-hybridized carbons (Fsp3) is 0.105. The molecule has 2 aromatic carbocycles. The van der Waals surface area contributed by atoms with Gasteiger partial charge in [0.1, 0.15) is 5.82 Å². The number of nitrogens with one attached hydrogen (secondary N) is 2. The number of carbonyl (C=O) groups is 1. The highest BCUT2D eigenvalue weighted by Gasteiger charge is 2.08. The highest BCUT2D eigenvalue weighted by molar-refractivity contribution is 6.30. The van der Waals surface area contributed by atoms with Gasteiger partial charge in [-0.1, -0.05) is 29.8 Å². The molecule has 5 nitrogen and oxygen atoms in total. The van der Waals surface area contributed by atoms with Crippen molar-refractivity contribution < 1.29 is 9.18 Å². The minimum Gasteiger partial charge on any atom is -0.354 e. The Bertz CT molecular complexity index is 902. The maximum Gasteiger partial charge on any atom is 0.258 e. The summed E-state index contributed by atoms with van der Waals surface area (Å²) in [6.07, 6.45) is 3.61. The summed E-state index contributed by atoms with van der Waals surface area (Å²) in [4.78, 5) is 20.4. The predicted octanol–water partition coefficient (Wildman–Crippen LogP) is 4.18. The summed E-state index contributed by atoms with van der Waals surface area (Å²) >= 11 is 5.95. The van der Waals surface area contributed by atoms with Crippen LogP contribution in [0.2, 0.25) is 5.02 Å². The third-order valence-electron chi connectivity index (χ3n) is 3.58. The molecule has 3 rings (SSSR count). The average Bonchev–Trinajstić information content (AvgIpc) is 2.62. The van der Waals surface area contributed by atoms with Crippen LogP contribution in [0.5, 0.6) is 0 Å². The Morgan fingerprint density at radius 1 is 1.08 bits per heavy atom. The van der Waals surface area contributed by atoms with Crippen LogP contribution in [0.1, 0.15) is 15.9 Å². The summed E-state index contributed by atoms with van der Waals surface area (Å²) in [5.41, 5.74) is 1.77. The Hall–Kier alpha value is -2.99. The molecule has 0 aliphatic carbocycles. The van der Waals surface area contributed by atoms with Crippen molar-refractivity contribution in [3.8, 4) is 0 Å². The van der Waals surface area contributed by atoms with Gasteiger partial charge in [0, 0.05) is 29.6 Å².